The molecule has 112 valence electrons. The van der Waals surface area contributed by atoms with Crippen LogP contribution < -0.4 is 0 Å². The van der Waals surface area contributed by atoms with Crippen molar-refractivity contribution in [3.05, 3.63) is 23.3 Å². The van der Waals surface area contributed by atoms with Gasteiger partial charge in [0.1, 0.15) is 0 Å². The van der Waals surface area contributed by atoms with Crippen molar-refractivity contribution in [2.75, 3.05) is 0 Å². The number of aliphatic hydroxyl groups excluding tert-OH is 1. The lowest BCUT2D eigenvalue weighted by Crippen LogP contribution is -2.43. The summed E-state index contributed by atoms with van der Waals surface area (Å²) < 4.78 is 0. The van der Waals surface area contributed by atoms with Gasteiger partial charge in [0, 0.05) is 0 Å². The highest BCUT2D eigenvalue weighted by atomic mass is 16.3. The van der Waals surface area contributed by atoms with Crippen molar-refractivity contribution < 1.29 is 5.11 Å². The van der Waals surface area contributed by atoms with Gasteiger partial charge in [-0.15, -0.1) is 0 Å². The second-order valence-electron chi connectivity index (χ2n) is 7.91. The maximum Gasteiger partial charge on any atom is 0.0761 e. The molecule has 0 saturated heterocycles. The summed E-state index contributed by atoms with van der Waals surface area (Å²) in [7, 11) is 0. The van der Waals surface area contributed by atoms with Gasteiger partial charge in [0.05, 0.1) is 18.1 Å². The summed E-state index contributed by atoms with van der Waals surface area (Å²) >= 11 is 0. The van der Waals surface area contributed by atoms with E-state index >= 15 is 0 Å². The van der Waals surface area contributed by atoms with E-state index in [9.17, 15) is 10.4 Å². The van der Waals surface area contributed by atoms with Crippen LogP contribution in [-0.4, -0.2) is 11.2 Å². The van der Waals surface area contributed by atoms with Gasteiger partial charge in [0.15, 0.2) is 0 Å². The van der Waals surface area contributed by atoms with Crippen LogP contribution in [0.5, 0.6) is 0 Å². The summed E-state index contributed by atoms with van der Waals surface area (Å²) in [5.74, 6) is 2.51. The predicted octanol–water partition coefficient (Wildman–Crippen LogP) is 3.98. The van der Waals surface area contributed by atoms with Gasteiger partial charge < -0.3 is 5.11 Å². The summed E-state index contributed by atoms with van der Waals surface area (Å²) in [6.07, 6.45) is 12.1. The van der Waals surface area contributed by atoms with Crippen LogP contribution in [0.3, 0.4) is 0 Å². The van der Waals surface area contributed by atoms with Crippen LogP contribution in [0.1, 0.15) is 51.9 Å². The molecule has 0 aromatic heterocycles. The third-order valence-corrected chi connectivity index (χ3v) is 7.13. The van der Waals surface area contributed by atoms with Crippen molar-refractivity contribution in [2.45, 2.75) is 58.0 Å². The molecule has 4 aliphatic carbocycles. The van der Waals surface area contributed by atoms with E-state index in [0.29, 0.717) is 5.92 Å². The van der Waals surface area contributed by atoms with Crippen LogP contribution in [0.25, 0.3) is 0 Å². The van der Waals surface area contributed by atoms with Crippen LogP contribution in [0.15, 0.2) is 23.3 Å². The zero-order valence-corrected chi connectivity index (χ0v) is 12.9. The molecule has 2 nitrogen and oxygen atoms in total. The Morgan fingerprint density at radius 1 is 1.29 bits per heavy atom. The number of aliphatic hydroxyl groups is 1. The van der Waals surface area contributed by atoms with E-state index in [1.807, 2.05) is 6.08 Å². The van der Waals surface area contributed by atoms with Crippen LogP contribution in [-0.2, 0) is 0 Å². The highest BCUT2D eigenvalue weighted by molar-refractivity contribution is 5.37. The number of nitriles is 1. The van der Waals surface area contributed by atoms with E-state index in [-0.39, 0.29) is 17.4 Å². The summed E-state index contributed by atoms with van der Waals surface area (Å²) in [5.41, 5.74) is 3.34. The number of hydrogen-bond acceptors (Lipinski definition) is 2. The third kappa shape index (κ3) is 1.87. The van der Waals surface area contributed by atoms with Crippen LogP contribution >= 0.6 is 0 Å². The molecule has 0 heterocycles. The smallest absolute Gasteiger partial charge is 0.0761 e. The predicted molar refractivity (Wildman–Crippen MR) is 82.2 cm³/mol. The first-order valence-corrected chi connectivity index (χ1v) is 8.61. The van der Waals surface area contributed by atoms with Gasteiger partial charge in [-0.3, -0.25) is 0 Å². The quantitative estimate of drug-likeness (QED) is 0.730. The second-order valence-corrected chi connectivity index (χ2v) is 7.91. The lowest BCUT2D eigenvalue weighted by molar-refractivity contribution is 0.0283. The van der Waals surface area contributed by atoms with Gasteiger partial charge in [-0.05, 0) is 73.7 Å². The van der Waals surface area contributed by atoms with E-state index in [4.69, 9.17) is 0 Å². The number of hydrogen-bond donors (Lipinski definition) is 1. The Morgan fingerprint density at radius 2 is 2.14 bits per heavy atom. The highest BCUT2D eigenvalue weighted by Gasteiger charge is 2.55. The standard InChI is InChI=1S/C19H25NO/c1-19-9-8-16-15-6-4-14(21)10-12(15)2-5-17(16)18(19)7-3-13(19)11-20/h4,6,13-14,16-18,21H,2-3,5,7-10H2,1H3. The van der Waals surface area contributed by atoms with E-state index in [1.54, 1.807) is 5.57 Å². The molecule has 21 heavy (non-hydrogen) atoms. The van der Waals surface area contributed by atoms with Gasteiger partial charge in [0.2, 0.25) is 0 Å². The molecule has 6 atom stereocenters. The minimum Gasteiger partial charge on any atom is -0.389 e. The van der Waals surface area contributed by atoms with E-state index < -0.39 is 0 Å². The SMILES string of the molecule is CC12CCC3C4=C(CCC3C1CCC2C#N)CC(O)C=C4. The summed E-state index contributed by atoms with van der Waals surface area (Å²) in [6.45, 7) is 2.39. The molecule has 0 spiro atoms. The molecule has 6 unspecified atom stereocenters. The van der Waals surface area contributed by atoms with E-state index in [0.717, 1.165) is 24.7 Å². The number of fused-ring (bicyclic) bond motifs is 4. The Bertz CT molecular complexity index is 554. The number of rotatable bonds is 0. The van der Waals surface area contributed by atoms with Crippen LogP contribution in [0.2, 0.25) is 0 Å². The van der Waals surface area contributed by atoms with Gasteiger partial charge in [-0.2, -0.15) is 5.26 Å². The molecule has 1 N–H and O–H groups in total. The Labute approximate surface area is 127 Å². The average molecular weight is 283 g/mol. The van der Waals surface area contributed by atoms with Crippen molar-refractivity contribution >= 4 is 0 Å². The largest absolute Gasteiger partial charge is 0.389 e. The maximum absolute atomic E-state index is 9.85. The third-order valence-electron chi connectivity index (χ3n) is 7.13. The van der Waals surface area contributed by atoms with Crippen molar-refractivity contribution in [3.63, 3.8) is 0 Å². The molecular weight excluding hydrogens is 258 g/mol. The zero-order chi connectivity index (χ0) is 14.6. The molecular formula is C19H25NO. The molecule has 0 bridgehead atoms. The molecule has 4 aliphatic rings. The Balaban J connectivity index is 1.65. The molecule has 0 aliphatic heterocycles. The van der Waals surface area contributed by atoms with Gasteiger partial charge in [0.25, 0.3) is 0 Å². The maximum atomic E-state index is 9.85. The number of allylic oxidation sites excluding steroid dienone is 2. The fraction of sp³-hybridized carbons (Fsp3) is 0.737. The average Bonchev–Trinajstić information content (AvgIpc) is 2.83. The summed E-state index contributed by atoms with van der Waals surface area (Å²) in [6, 6.07) is 2.60. The fourth-order valence-corrected chi connectivity index (χ4v) is 6.03. The molecule has 2 heteroatoms. The normalized spacial score (nSPS) is 48.3. The Morgan fingerprint density at radius 3 is 2.95 bits per heavy atom. The molecule has 0 amide bonds. The highest BCUT2D eigenvalue weighted by Crippen LogP contribution is 2.62. The molecule has 0 radical (unpaired) electrons. The fourth-order valence-electron chi connectivity index (χ4n) is 6.03. The first-order chi connectivity index (χ1) is 10.1. The van der Waals surface area contributed by atoms with Gasteiger partial charge >= 0.3 is 0 Å². The summed E-state index contributed by atoms with van der Waals surface area (Å²) in [4.78, 5) is 0. The van der Waals surface area contributed by atoms with Crippen molar-refractivity contribution in [2.24, 2.45) is 29.1 Å². The van der Waals surface area contributed by atoms with E-state index in [1.165, 1.54) is 37.7 Å². The van der Waals surface area contributed by atoms with Crippen molar-refractivity contribution in [1.82, 2.24) is 0 Å². The number of nitrogens with zero attached hydrogens (tertiary/aromatic N) is 1. The van der Waals surface area contributed by atoms with Crippen LogP contribution in [0, 0.1) is 40.4 Å². The van der Waals surface area contributed by atoms with Crippen molar-refractivity contribution in [1.29, 1.82) is 5.26 Å². The van der Waals surface area contributed by atoms with Crippen LogP contribution in [0.4, 0.5) is 0 Å². The molecule has 2 saturated carbocycles. The van der Waals surface area contributed by atoms with Gasteiger partial charge in [-0.1, -0.05) is 24.6 Å². The lowest BCUT2D eigenvalue weighted by atomic mass is 9.54. The minimum absolute atomic E-state index is 0.261. The first kappa shape index (κ1) is 13.6. The molecule has 0 aromatic rings. The first-order valence-electron chi connectivity index (χ1n) is 8.61. The minimum atomic E-state index is -0.261. The summed E-state index contributed by atoms with van der Waals surface area (Å²) in [5, 5.41) is 19.3. The topological polar surface area (TPSA) is 44.0 Å². The monoisotopic (exact) mass is 283 g/mol. The van der Waals surface area contributed by atoms with Crippen molar-refractivity contribution in [3.8, 4) is 6.07 Å². The van der Waals surface area contributed by atoms with Gasteiger partial charge in [-0.25, -0.2) is 0 Å². The molecule has 4 rings (SSSR count). The second kappa shape index (κ2) is 4.71. The zero-order valence-electron chi connectivity index (χ0n) is 12.9. The Kier molecular flexibility index (Phi) is 3.05. The lowest BCUT2D eigenvalue weighted by Gasteiger charge is -2.50. The molecule has 0 aromatic carbocycles. The van der Waals surface area contributed by atoms with E-state index in [2.05, 4.69) is 19.1 Å². The molecule has 2 fully saturated rings. The Hall–Kier alpha value is -1.07.